The number of rotatable bonds is 2. The van der Waals surface area contributed by atoms with Gasteiger partial charge in [-0.3, -0.25) is 9.67 Å². The molecule has 0 atom stereocenters. The average molecular weight is 331 g/mol. The third-order valence-corrected chi connectivity index (χ3v) is 3.94. The Bertz CT molecular complexity index is 630. The molecule has 1 heterocycles. The molecule has 1 saturated carbocycles. The minimum absolute atomic E-state index is 0.533. The minimum Gasteiger partial charge on any atom is -0.271 e. The fraction of sp³-hybridized carbons (Fsp3) is 0.273. The Morgan fingerprint density at radius 3 is 2.88 bits per heavy atom. The second kappa shape index (κ2) is 4.23. The van der Waals surface area contributed by atoms with Crippen LogP contribution >= 0.6 is 39.7 Å². The van der Waals surface area contributed by atoms with Crippen LogP contribution in [0, 0.1) is 4.77 Å². The SMILES string of the molecule is S=c1[nH]nc(C2CC2)n1-c1ccc(Cl)cc1Br. The zero-order chi connectivity index (χ0) is 12.0. The van der Waals surface area contributed by atoms with Crippen molar-refractivity contribution in [2.45, 2.75) is 18.8 Å². The summed E-state index contributed by atoms with van der Waals surface area (Å²) in [5.41, 5.74) is 0.982. The molecular formula is C11H9BrClN3S. The summed E-state index contributed by atoms with van der Waals surface area (Å²) in [5.74, 6) is 1.54. The summed E-state index contributed by atoms with van der Waals surface area (Å²) in [6, 6.07) is 5.67. The van der Waals surface area contributed by atoms with Crippen molar-refractivity contribution in [3.8, 4) is 5.69 Å². The van der Waals surface area contributed by atoms with E-state index >= 15 is 0 Å². The quantitative estimate of drug-likeness (QED) is 0.836. The molecule has 1 aromatic carbocycles. The first-order valence-corrected chi connectivity index (χ1v) is 6.87. The van der Waals surface area contributed by atoms with E-state index in [1.165, 1.54) is 12.8 Å². The number of aromatic amines is 1. The summed E-state index contributed by atoms with van der Waals surface area (Å²) < 4.78 is 3.52. The average Bonchev–Trinajstić information content (AvgIpc) is 3.04. The van der Waals surface area contributed by atoms with Crippen molar-refractivity contribution in [1.29, 1.82) is 0 Å². The Labute approximate surface area is 117 Å². The number of hydrogen-bond acceptors (Lipinski definition) is 2. The van der Waals surface area contributed by atoms with Gasteiger partial charge in [0.25, 0.3) is 0 Å². The number of H-pyrrole nitrogens is 1. The molecule has 0 amide bonds. The van der Waals surface area contributed by atoms with Crippen LogP contribution in [-0.4, -0.2) is 14.8 Å². The van der Waals surface area contributed by atoms with E-state index < -0.39 is 0 Å². The molecule has 6 heteroatoms. The second-order valence-corrected chi connectivity index (χ2v) is 5.77. The fourth-order valence-corrected chi connectivity index (χ4v) is 2.92. The van der Waals surface area contributed by atoms with Gasteiger partial charge in [-0.15, -0.1) is 0 Å². The molecule has 0 bridgehead atoms. The molecule has 3 rings (SSSR count). The molecule has 2 aromatic rings. The maximum Gasteiger partial charge on any atom is 0.199 e. The summed E-state index contributed by atoms with van der Waals surface area (Å²) in [5, 5.41) is 7.87. The van der Waals surface area contributed by atoms with Crippen LogP contribution in [0.4, 0.5) is 0 Å². The molecule has 1 aromatic heterocycles. The molecule has 3 nitrogen and oxygen atoms in total. The Morgan fingerprint density at radius 1 is 1.47 bits per heavy atom. The Morgan fingerprint density at radius 2 is 2.24 bits per heavy atom. The van der Waals surface area contributed by atoms with Crippen molar-refractivity contribution in [3.63, 3.8) is 0 Å². The van der Waals surface area contributed by atoms with Crippen LogP contribution in [0.3, 0.4) is 0 Å². The van der Waals surface area contributed by atoms with Crippen LogP contribution in [-0.2, 0) is 0 Å². The molecule has 17 heavy (non-hydrogen) atoms. The Hall–Kier alpha value is -0.650. The van der Waals surface area contributed by atoms with Crippen LogP contribution in [0.15, 0.2) is 22.7 Å². The third kappa shape index (κ3) is 2.07. The van der Waals surface area contributed by atoms with Gasteiger partial charge in [0.15, 0.2) is 4.77 Å². The molecule has 0 saturated heterocycles. The largest absolute Gasteiger partial charge is 0.271 e. The van der Waals surface area contributed by atoms with Crippen molar-refractivity contribution in [1.82, 2.24) is 14.8 Å². The number of aromatic nitrogens is 3. The number of nitrogens with one attached hydrogen (secondary N) is 1. The first-order valence-electron chi connectivity index (χ1n) is 5.29. The molecular weight excluding hydrogens is 322 g/mol. The van der Waals surface area contributed by atoms with Crippen LogP contribution in [0.1, 0.15) is 24.6 Å². The molecule has 88 valence electrons. The van der Waals surface area contributed by atoms with Crippen molar-refractivity contribution in [2.24, 2.45) is 0 Å². The van der Waals surface area contributed by atoms with Gasteiger partial charge in [0.1, 0.15) is 5.82 Å². The van der Waals surface area contributed by atoms with Crippen molar-refractivity contribution in [3.05, 3.63) is 38.3 Å². The van der Waals surface area contributed by atoms with Crippen molar-refractivity contribution in [2.75, 3.05) is 0 Å². The van der Waals surface area contributed by atoms with Gasteiger partial charge in [0, 0.05) is 15.4 Å². The minimum atomic E-state index is 0.533. The monoisotopic (exact) mass is 329 g/mol. The maximum atomic E-state index is 5.94. The number of nitrogens with zero attached hydrogens (tertiary/aromatic N) is 2. The van der Waals surface area contributed by atoms with Gasteiger partial charge in [-0.1, -0.05) is 11.6 Å². The van der Waals surface area contributed by atoms with E-state index in [1.807, 2.05) is 22.8 Å². The molecule has 1 N–H and O–H groups in total. The highest BCUT2D eigenvalue weighted by atomic mass is 79.9. The molecule has 0 aliphatic heterocycles. The summed E-state index contributed by atoms with van der Waals surface area (Å²) in [4.78, 5) is 0. The molecule has 1 aliphatic rings. The van der Waals surface area contributed by atoms with Crippen LogP contribution in [0.5, 0.6) is 0 Å². The maximum absolute atomic E-state index is 5.94. The standard InChI is InChI=1S/C11H9BrClN3S/c12-8-5-7(13)3-4-9(8)16-10(6-1-2-6)14-15-11(16)17/h3-6H,1-2H2,(H,15,17). The highest BCUT2D eigenvalue weighted by molar-refractivity contribution is 9.10. The topological polar surface area (TPSA) is 33.6 Å². The van der Waals surface area contributed by atoms with Crippen LogP contribution in [0.25, 0.3) is 5.69 Å². The van der Waals surface area contributed by atoms with Crippen molar-refractivity contribution >= 4 is 39.7 Å². The molecule has 1 fully saturated rings. The highest BCUT2D eigenvalue weighted by Gasteiger charge is 2.29. The molecule has 0 radical (unpaired) electrons. The van der Waals surface area contributed by atoms with E-state index in [0.717, 1.165) is 16.0 Å². The molecule has 0 spiro atoms. The van der Waals surface area contributed by atoms with E-state index in [0.29, 0.717) is 15.7 Å². The first-order chi connectivity index (χ1) is 8.16. The normalized spacial score (nSPS) is 15.2. The Kier molecular flexibility index (Phi) is 2.84. The van der Waals surface area contributed by atoms with Gasteiger partial charge in [-0.2, -0.15) is 5.10 Å². The van der Waals surface area contributed by atoms with E-state index in [9.17, 15) is 0 Å². The lowest BCUT2D eigenvalue weighted by molar-refractivity contribution is 0.866. The van der Waals surface area contributed by atoms with E-state index in [2.05, 4.69) is 26.1 Å². The van der Waals surface area contributed by atoms with Gasteiger partial charge >= 0.3 is 0 Å². The van der Waals surface area contributed by atoms with Crippen LogP contribution in [0.2, 0.25) is 5.02 Å². The molecule has 0 unspecified atom stereocenters. The summed E-state index contributed by atoms with van der Waals surface area (Å²) in [6.07, 6.45) is 2.37. The lowest BCUT2D eigenvalue weighted by Crippen LogP contribution is -2.01. The zero-order valence-corrected chi connectivity index (χ0v) is 11.9. The van der Waals surface area contributed by atoms with Gasteiger partial charge in [0.05, 0.1) is 5.69 Å². The number of hydrogen-bond donors (Lipinski definition) is 1. The first kappa shape index (κ1) is 11.4. The lowest BCUT2D eigenvalue weighted by Gasteiger charge is -2.08. The number of halogens is 2. The van der Waals surface area contributed by atoms with E-state index in [-0.39, 0.29) is 0 Å². The summed E-state index contributed by atoms with van der Waals surface area (Å²) >= 11 is 14.7. The van der Waals surface area contributed by atoms with E-state index in [1.54, 1.807) is 0 Å². The smallest absolute Gasteiger partial charge is 0.199 e. The lowest BCUT2D eigenvalue weighted by atomic mass is 10.3. The van der Waals surface area contributed by atoms with Gasteiger partial charge in [-0.25, -0.2) is 0 Å². The second-order valence-electron chi connectivity index (χ2n) is 4.09. The van der Waals surface area contributed by atoms with Gasteiger partial charge in [-0.05, 0) is 59.2 Å². The number of benzene rings is 1. The predicted molar refractivity (Wildman–Crippen MR) is 73.4 cm³/mol. The highest BCUT2D eigenvalue weighted by Crippen LogP contribution is 2.40. The molecule has 1 aliphatic carbocycles. The Balaban J connectivity index is 2.20. The zero-order valence-electron chi connectivity index (χ0n) is 8.78. The summed E-state index contributed by atoms with van der Waals surface area (Å²) in [6.45, 7) is 0. The van der Waals surface area contributed by atoms with Crippen molar-refractivity contribution < 1.29 is 0 Å². The summed E-state index contributed by atoms with van der Waals surface area (Å²) in [7, 11) is 0. The predicted octanol–water partition coefficient (Wildman–Crippen LogP) is 4.22. The third-order valence-electron chi connectivity index (χ3n) is 2.79. The van der Waals surface area contributed by atoms with Crippen LogP contribution < -0.4 is 0 Å². The van der Waals surface area contributed by atoms with Gasteiger partial charge in [0.2, 0.25) is 0 Å². The van der Waals surface area contributed by atoms with Gasteiger partial charge < -0.3 is 0 Å². The fourth-order valence-electron chi connectivity index (χ4n) is 1.82. The van der Waals surface area contributed by atoms with E-state index in [4.69, 9.17) is 23.8 Å².